The molecule has 1 amide bonds. The van der Waals surface area contributed by atoms with Crippen molar-refractivity contribution in [2.75, 3.05) is 12.4 Å². The van der Waals surface area contributed by atoms with E-state index in [-0.39, 0.29) is 11.3 Å². The molecule has 1 aromatic carbocycles. The highest BCUT2D eigenvalue weighted by atomic mass is 16.4. The Morgan fingerprint density at radius 2 is 2.05 bits per heavy atom. The molecule has 6 nitrogen and oxygen atoms in total. The van der Waals surface area contributed by atoms with Crippen LogP contribution in [0, 0.1) is 0 Å². The molecule has 0 bridgehead atoms. The Balaban J connectivity index is 2.22. The molecular formula is C15H15N3O3. The van der Waals surface area contributed by atoms with Crippen molar-refractivity contribution in [2.24, 2.45) is 0 Å². The number of benzene rings is 1. The van der Waals surface area contributed by atoms with Gasteiger partial charge in [-0.05, 0) is 36.9 Å². The van der Waals surface area contributed by atoms with Crippen LogP contribution in [0.4, 0.5) is 5.69 Å². The molecule has 2 rings (SSSR count). The van der Waals surface area contributed by atoms with E-state index in [4.69, 9.17) is 5.11 Å². The van der Waals surface area contributed by atoms with Crippen molar-refractivity contribution >= 4 is 17.6 Å². The molecule has 1 heterocycles. The van der Waals surface area contributed by atoms with Gasteiger partial charge in [0.15, 0.2) is 0 Å². The number of nitrogens with zero attached hydrogens (tertiary/aromatic N) is 1. The van der Waals surface area contributed by atoms with E-state index in [0.717, 1.165) is 5.56 Å². The molecule has 0 aliphatic carbocycles. The van der Waals surface area contributed by atoms with Crippen LogP contribution in [0.15, 0.2) is 42.6 Å². The molecule has 2 aromatic rings. The van der Waals surface area contributed by atoms with Gasteiger partial charge in [0.25, 0.3) is 5.91 Å². The van der Waals surface area contributed by atoms with Crippen molar-refractivity contribution in [3.8, 4) is 0 Å². The maximum Gasteiger partial charge on any atom is 0.338 e. The number of hydrogen-bond donors (Lipinski definition) is 3. The fourth-order valence-electron chi connectivity index (χ4n) is 1.91. The summed E-state index contributed by atoms with van der Waals surface area (Å²) in [5.74, 6) is -1.73. The van der Waals surface area contributed by atoms with E-state index in [1.54, 1.807) is 6.07 Å². The van der Waals surface area contributed by atoms with Gasteiger partial charge in [0.2, 0.25) is 0 Å². The summed E-state index contributed by atoms with van der Waals surface area (Å²) < 4.78 is 0. The van der Waals surface area contributed by atoms with E-state index < -0.39 is 11.9 Å². The number of aromatic carboxylic acids is 1. The lowest BCUT2D eigenvalue weighted by atomic mass is 10.1. The quantitative estimate of drug-likeness (QED) is 0.778. The maximum absolute atomic E-state index is 12.2. The van der Waals surface area contributed by atoms with Gasteiger partial charge in [-0.15, -0.1) is 0 Å². The average Bonchev–Trinajstić information content (AvgIpc) is 2.48. The van der Waals surface area contributed by atoms with Crippen LogP contribution in [0.25, 0.3) is 0 Å². The molecule has 3 N–H and O–H groups in total. The molecule has 0 radical (unpaired) electrons. The normalized spacial score (nSPS) is 10.1. The second-order valence-corrected chi connectivity index (χ2v) is 4.39. The second kappa shape index (κ2) is 6.62. The largest absolute Gasteiger partial charge is 0.478 e. The number of nitrogens with one attached hydrogen (secondary N) is 2. The van der Waals surface area contributed by atoms with Crippen molar-refractivity contribution in [2.45, 2.75) is 6.54 Å². The molecule has 0 unspecified atom stereocenters. The molecule has 0 saturated heterocycles. The van der Waals surface area contributed by atoms with Crippen LogP contribution in [-0.4, -0.2) is 29.0 Å². The van der Waals surface area contributed by atoms with Crippen LogP contribution in [0.5, 0.6) is 0 Å². The Labute approximate surface area is 121 Å². The molecule has 108 valence electrons. The van der Waals surface area contributed by atoms with Gasteiger partial charge < -0.3 is 15.7 Å². The van der Waals surface area contributed by atoms with Crippen molar-refractivity contribution < 1.29 is 14.7 Å². The third-order valence-corrected chi connectivity index (χ3v) is 2.82. The minimum atomic E-state index is -1.18. The van der Waals surface area contributed by atoms with Crippen molar-refractivity contribution in [1.29, 1.82) is 0 Å². The molecule has 0 fully saturated rings. The summed E-state index contributed by atoms with van der Waals surface area (Å²) in [6.45, 7) is 0.674. The summed E-state index contributed by atoms with van der Waals surface area (Å²) >= 11 is 0. The summed E-state index contributed by atoms with van der Waals surface area (Å²) in [6.07, 6.45) is 1.39. The molecule has 21 heavy (non-hydrogen) atoms. The first kappa shape index (κ1) is 14.7. The predicted molar refractivity (Wildman–Crippen MR) is 78.4 cm³/mol. The number of anilines is 1. The van der Waals surface area contributed by atoms with Crippen molar-refractivity contribution in [3.63, 3.8) is 0 Å². The van der Waals surface area contributed by atoms with E-state index in [9.17, 15) is 9.59 Å². The molecule has 6 heteroatoms. The smallest absolute Gasteiger partial charge is 0.338 e. The zero-order valence-corrected chi connectivity index (χ0v) is 11.5. The standard InChI is InChI=1S/C15H15N3O3/c1-16-9-10-4-2-5-11(8-10)18-14(19)13-12(15(20)21)6-3-7-17-13/h2-8,16H,9H2,1H3,(H,18,19)(H,20,21). The Morgan fingerprint density at radius 3 is 2.76 bits per heavy atom. The van der Waals surface area contributed by atoms with Crippen molar-refractivity contribution in [1.82, 2.24) is 10.3 Å². The molecule has 0 spiro atoms. The third kappa shape index (κ3) is 3.64. The maximum atomic E-state index is 12.2. The number of amides is 1. The zero-order valence-electron chi connectivity index (χ0n) is 11.5. The highest BCUT2D eigenvalue weighted by molar-refractivity contribution is 6.09. The lowest BCUT2D eigenvalue weighted by molar-refractivity contribution is 0.0691. The number of carbonyl (C=O) groups is 2. The summed E-state index contributed by atoms with van der Waals surface area (Å²) in [6, 6.07) is 10.1. The van der Waals surface area contributed by atoms with E-state index >= 15 is 0 Å². The van der Waals surface area contributed by atoms with Gasteiger partial charge in [0.1, 0.15) is 5.69 Å². The monoisotopic (exact) mass is 285 g/mol. The average molecular weight is 285 g/mol. The third-order valence-electron chi connectivity index (χ3n) is 2.82. The molecule has 1 aromatic heterocycles. The van der Waals surface area contributed by atoms with Crippen molar-refractivity contribution in [3.05, 3.63) is 59.4 Å². The van der Waals surface area contributed by atoms with E-state index in [2.05, 4.69) is 15.6 Å². The highest BCUT2D eigenvalue weighted by Crippen LogP contribution is 2.13. The predicted octanol–water partition coefficient (Wildman–Crippen LogP) is 1.75. The number of carboxylic acids is 1. The summed E-state index contributed by atoms with van der Waals surface area (Å²) in [5.41, 5.74) is 1.37. The minimum absolute atomic E-state index is 0.107. The first-order chi connectivity index (χ1) is 10.1. The SMILES string of the molecule is CNCc1cccc(NC(=O)c2ncccc2C(=O)O)c1. The van der Waals surface area contributed by atoms with E-state index in [0.29, 0.717) is 12.2 Å². The summed E-state index contributed by atoms with van der Waals surface area (Å²) in [7, 11) is 1.83. The number of rotatable bonds is 5. The summed E-state index contributed by atoms with van der Waals surface area (Å²) in [5, 5.41) is 14.7. The van der Waals surface area contributed by atoms with Gasteiger partial charge in [-0.3, -0.25) is 9.78 Å². The molecule has 0 aliphatic heterocycles. The van der Waals surface area contributed by atoms with Crippen LogP contribution in [-0.2, 0) is 6.54 Å². The van der Waals surface area contributed by atoms with Crippen LogP contribution in [0.1, 0.15) is 26.4 Å². The second-order valence-electron chi connectivity index (χ2n) is 4.39. The fraction of sp³-hybridized carbons (Fsp3) is 0.133. The van der Waals surface area contributed by atoms with Crippen LogP contribution >= 0.6 is 0 Å². The Hall–Kier alpha value is -2.73. The minimum Gasteiger partial charge on any atom is -0.478 e. The lowest BCUT2D eigenvalue weighted by Gasteiger charge is -2.08. The van der Waals surface area contributed by atoms with Gasteiger partial charge in [-0.2, -0.15) is 0 Å². The fourth-order valence-corrected chi connectivity index (χ4v) is 1.91. The van der Waals surface area contributed by atoms with E-state index in [1.165, 1.54) is 18.3 Å². The first-order valence-corrected chi connectivity index (χ1v) is 6.35. The highest BCUT2D eigenvalue weighted by Gasteiger charge is 2.17. The molecule has 0 aliphatic rings. The molecule has 0 saturated carbocycles. The first-order valence-electron chi connectivity index (χ1n) is 6.35. The van der Waals surface area contributed by atoms with Gasteiger partial charge in [-0.25, -0.2) is 4.79 Å². The van der Waals surface area contributed by atoms with Crippen LogP contribution in [0.3, 0.4) is 0 Å². The number of aromatic nitrogens is 1. The lowest BCUT2D eigenvalue weighted by Crippen LogP contribution is -2.18. The van der Waals surface area contributed by atoms with Crippen LogP contribution < -0.4 is 10.6 Å². The van der Waals surface area contributed by atoms with Crippen LogP contribution in [0.2, 0.25) is 0 Å². The Morgan fingerprint density at radius 1 is 1.24 bits per heavy atom. The molecular weight excluding hydrogens is 270 g/mol. The van der Waals surface area contributed by atoms with Gasteiger partial charge in [0, 0.05) is 18.4 Å². The summed E-state index contributed by atoms with van der Waals surface area (Å²) in [4.78, 5) is 27.1. The Kier molecular flexibility index (Phi) is 4.63. The number of carboxylic acid groups (broad SMARTS) is 1. The zero-order chi connectivity index (χ0) is 15.2. The Bertz CT molecular complexity index is 671. The van der Waals surface area contributed by atoms with Gasteiger partial charge in [-0.1, -0.05) is 12.1 Å². The number of hydrogen-bond acceptors (Lipinski definition) is 4. The number of carbonyl (C=O) groups excluding carboxylic acids is 1. The van der Waals surface area contributed by atoms with Gasteiger partial charge >= 0.3 is 5.97 Å². The van der Waals surface area contributed by atoms with Gasteiger partial charge in [0.05, 0.1) is 5.56 Å². The number of pyridine rings is 1. The van der Waals surface area contributed by atoms with E-state index in [1.807, 2.05) is 25.2 Å². The topological polar surface area (TPSA) is 91.3 Å². The molecule has 0 atom stereocenters.